The molecule has 7 heteroatoms. The molecule has 0 spiro atoms. The molecule has 142 valence electrons. The quantitative estimate of drug-likeness (QED) is 0.755. The van der Waals surface area contributed by atoms with Gasteiger partial charge in [-0.1, -0.05) is 18.2 Å². The van der Waals surface area contributed by atoms with Gasteiger partial charge in [0.05, 0.1) is 12.3 Å². The summed E-state index contributed by atoms with van der Waals surface area (Å²) in [7, 11) is 0. The zero-order valence-corrected chi connectivity index (χ0v) is 15.0. The van der Waals surface area contributed by atoms with Crippen LogP contribution in [0.2, 0.25) is 0 Å². The van der Waals surface area contributed by atoms with Crippen molar-refractivity contribution < 1.29 is 13.9 Å². The van der Waals surface area contributed by atoms with Crippen molar-refractivity contribution in [2.75, 3.05) is 13.2 Å². The summed E-state index contributed by atoms with van der Waals surface area (Å²) in [5, 5.41) is 6.96. The summed E-state index contributed by atoms with van der Waals surface area (Å²) in [6, 6.07) is 15.8. The number of benzene rings is 2. The van der Waals surface area contributed by atoms with E-state index in [-0.39, 0.29) is 17.5 Å². The van der Waals surface area contributed by atoms with E-state index in [9.17, 15) is 14.0 Å². The number of fused-ring (bicyclic) bond motifs is 1. The lowest BCUT2D eigenvalue weighted by atomic mass is 9.97. The fourth-order valence-corrected chi connectivity index (χ4v) is 3.15. The molecule has 1 aliphatic rings. The Morgan fingerprint density at radius 1 is 1.14 bits per heavy atom. The van der Waals surface area contributed by atoms with Crippen molar-refractivity contribution in [3.63, 3.8) is 0 Å². The van der Waals surface area contributed by atoms with Crippen molar-refractivity contribution in [1.82, 2.24) is 15.1 Å². The van der Waals surface area contributed by atoms with Gasteiger partial charge in [0.15, 0.2) is 0 Å². The first kappa shape index (κ1) is 17.9. The van der Waals surface area contributed by atoms with Crippen molar-refractivity contribution in [3.05, 3.63) is 88.1 Å². The van der Waals surface area contributed by atoms with Crippen molar-refractivity contribution >= 4 is 5.91 Å². The second-order valence-electron chi connectivity index (χ2n) is 6.64. The number of carbonyl (C=O) groups is 1. The van der Waals surface area contributed by atoms with Gasteiger partial charge in [-0.25, -0.2) is 4.39 Å². The van der Waals surface area contributed by atoms with Gasteiger partial charge in [-0.3, -0.25) is 9.59 Å². The molecule has 2 heterocycles. The number of nitrogens with one attached hydrogen (secondary N) is 1. The van der Waals surface area contributed by atoms with Gasteiger partial charge in [-0.2, -0.15) is 9.78 Å². The van der Waals surface area contributed by atoms with Crippen LogP contribution >= 0.6 is 0 Å². The first-order valence-electron chi connectivity index (χ1n) is 8.95. The van der Waals surface area contributed by atoms with Crippen LogP contribution in [0.4, 0.5) is 4.39 Å². The Kier molecular flexibility index (Phi) is 4.89. The van der Waals surface area contributed by atoms with Crippen LogP contribution in [0.1, 0.15) is 16.1 Å². The van der Waals surface area contributed by atoms with Crippen molar-refractivity contribution in [2.24, 2.45) is 5.92 Å². The number of para-hydroxylation sites is 1. The van der Waals surface area contributed by atoms with Gasteiger partial charge in [-0.15, -0.1) is 0 Å². The average molecular weight is 379 g/mol. The van der Waals surface area contributed by atoms with Crippen LogP contribution in [0.5, 0.6) is 5.75 Å². The summed E-state index contributed by atoms with van der Waals surface area (Å²) in [5.74, 6) is 0.247. The first-order valence-corrected chi connectivity index (χ1v) is 8.95. The molecule has 1 N–H and O–H groups in total. The second kappa shape index (κ2) is 7.64. The molecular formula is C21H18FN3O3. The fourth-order valence-electron chi connectivity index (χ4n) is 3.15. The molecule has 0 radical (unpaired) electrons. The van der Waals surface area contributed by atoms with E-state index in [1.54, 1.807) is 0 Å². The van der Waals surface area contributed by atoms with Gasteiger partial charge in [0.2, 0.25) is 0 Å². The largest absolute Gasteiger partial charge is 0.493 e. The SMILES string of the molecule is O=C(NCC1COc2ccccc2C1)c1ccc(=O)n(-c2ccc(F)cc2)n1. The molecule has 0 aliphatic carbocycles. The fraction of sp³-hybridized carbons (Fsp3) is 0.190. The zero-order chi connectivity index (χ0) is 19.5. The first-order chi connectivity index (χ1) is 13.6. The maximum Gasteiger partial charge on any atom is 0.271 e. The number of aromatic nitrogens is 2. The van der Waals surface area contributed by atoms with E-state index in [2.05, 4.69) is 10.4 Å². The Morgan fingerprint density at radius 3 is 2.75 bits per heavy atom. The third kappa shape index (κ3) is 3.78. The molecule has 3 aromatic rings. The molecular weight excluding hydrogens is 361 g/mol. The molecule has 1 unspecified atom stereocenters. The van der Waals surface area contributed by atoms with Crippen LogP contribution in [0.25, 0.3) is 5.69 Å². The standard InChI is InChI=1S/C21H18FN3O3/c22-16-5-7-17(8-6-16)25-20(26)10-9-18(24-25)21(27)23-12-14-11-15-3-1-2-4-19(15)28-13-14/h1-10,14H,11-13H2,(H,23,27). The molecule has 1 atom stereocenters. The van der Waals surface area contributed by atoms with Crippen LogP contribution in [-0.4, -0.2) is 28.8 Å². The van der Waals surface area contributed by atoms with Crippen LogP contribution in [0.3, 0.4) is 0 Å². The molecule has 0 saturated carbocycles. The number of amides is 1. The van der Waals surface area contributed by atoms with Crippen molar-refractivity contribution in [3.8, 4) is 11.4 Å². The molecule has 0 fully saturated rings. The summed E-state index contributed by atoms with van der Waals surface area (Å²) in [5.41, 5.74) is 1.22. The molecule has 1 aromatic heterocycles. The zero-order valence-electron chi connectivity index (χ0n) is 15.0. The van der Waals surface area contributed by atoms with Crippen LogP contribution in [-0.2, 0) is 6.42 Å². The van der Waals surface area contributed by atoms with E-state index in [1.807, 2.05) is 24.3 Å². The highest BCUT2D eigenvalue weighted by Crippen LogP contribution is 2.26. The average Bonchev–Trinajstić information content (AvgIpc) is 2.73. The molecule has 2 aromatic carbocycles. The number of rotatable bonds is 4. The molecule has 1 aliphatic heterocycles. The monoisotopic (exact) mass is 379 g/mol. The Hall–Kier alpha value is -3.48. The van der Waals surface area contributed by atoms with Crippen molar-refractivity contribution in [2.45, 2.75) is 6.42 Å². The maximum atomic E-state index is 13.1. The van der Waals surface area contributed by atoms with Gasteiger partial charge in [0, 0.05) is 18.5 Å². The summed E-state index contributed by atoms with van der Waals surface area (Å²) < 4.78 is 19.9. The van der Waals surface area contributed by atoms with Crippen LogP contribution < -0.4 is 15.6 Å². The third-order valence-electron chi connectivity index (χ3n) is 4.61. The molecule has 6 nitrogen and oxygen atoms in total. The number of hydrogen-bond acceptors (Lipinski definition) is 4. The highest BCUT2D eigenvalue weighted by atomic mass is 19.1. The topological polar surface area (TPSA) is 73.2 Å². The summed E-state index contributed by atoms with van der Waals surface area (Å²) in [6.45, 7) is 0.963. The predicted molar refractivity (Wildman–Crippen MR) is 101 cm³/mol. The van der Waals surface area contributed by atoms with E-state index >= 15 is 0 Å². The minimum Gasteiger partial charge on any atom is -0.493 e. The number of hydrogen-bond donors (Lipinski definition) is 1. The summed E-state index contributed by atoms with van der Waals surface area (Å²) in [4.78, 5) is 24.6. The Labute approximate surface area is 160 Å². The van der Waals surface area contributed by atoms with Gasteiger partial charge in [-0.05, 0) is 48.4 Å². The lowest BCUT2D eigenvalue weighted by molar-refractivity contribution is 0.0932. The van der Waals surface area contributed by atoms with E-state index in [0.29, 0.717) is 18.8 Å². The number of carbonyl (C=O) groups excluding carboxylic acids is 1. The lowest BCUT2D eigenvalue weighted by Gasteiger charge is -2.25. The van der Waals surface area contributed by atoms with Gasteiger partial charge >= 0.3 is 0 Å². The Balaban J connectivity index is 1.45. The highest BCUT2D eigenvalue weighted by molar-refractivity contribution is 5.92. The molecule has 4 rings (SSSR count). The van der Waals surface area contributed by atoms with E-state index in [1.165, 1.54) is 36.4 Å². The van der Waals surface area contributed by atoms with Gasteiger partial charge in [0.25, 0.3) is 11.5 Å². The molecule has 28 heavy (non-hydrogen) atoms. The van der Waals surface area contributed by atoms with Crippen molar-refractivity contribution in [1.29, 1.82) is 0 Å². The number of nitrogens with zero attached hydrogens (tertiary/aromatic N) is 2. The van der Waals surface area contributed by atoms with E-state index in [0.717, 1.165) is 22.4 Å². The Morgan fingerprint density at radius 2 is 1.93 bits per heavy atom. The minimum absolute atomic E-state index is 0.112. The van der Waals surface area contributed by atoms with E-state index < -0.39 is 11.4 Å². The van der Waals surface area contributed by atoms with Crippen LogP contribution in [0.15, 0.2) is 65.5 Å². The third-order valence-corrected chi connectivity index (χ3v) is 4.61. The second-order valence-corrected chi connectivity index (χ2v) is 6.64. The van der Waals surface area contributed by atoms with Gasteiger partial charge in [0.1, 0.15) is 17.3 Å². The van der Waals surface area contributed by atoms with Crippen LogP contribution in [0, 0.1) is 11.7 Å². The Bertz CT molecular complexity index is 1060. The lowest BCUT2D eigenvalue weighted by Crippen LogP contribution is -2.36. The van der Waals surface area contributed by atoms with E-state index in [4.69, 9.17) is 4.74 Å². The van der Waals surface area contributed by atoms with Gasteiger partial charge < -0.3 is 10.1 Å². The molecule has 0 saturated heterocycles. The number of halogens is 1. The molecule has 1 amide bonds. The number of ether oxygens (including phenoxy) is 1. The summed E-state index contributed by atoms with van der Waals surface area (Å²) >= 11 is 0. The summed E-state index contributed by atoms with van der Waals surface area (Å²) in [6.07, 6.45) is 0.818. The molecule has 0 bridgehead atoms. The minimum atomic E-state index is -0.415. The normalized spacial score (nSPS) is 15.4. The maximum absolute atomic E-state index is 13.1. The highest BCUT2D eigenvalue weighted by Gasteiger charge is 2.20. The predicted octanol–water partition coefficient (Wildman–Crippen LogP) is 2.35. The smallest absolute Gasteiger partial charge is 0.271 e.